The molecule has 0 radical (unpaired) electrons. The average Bonchev–Trinajstić information content (AvgIpc) is 2.53. The number of nitrogens with one attached hydrogen (secondary N) is 2. The van der Waals surface area contributed by atoms with Gasteiger partial charge in [-0.05, 0) is 58.2 Å². The number of carbonyl (C=O) groups excluding carboxylic acids is 3. The summed E-state index contributed by atoms with van der Waals surface area (Å²) in [6, 6.07) is 5.80. The van der Waals surface area contributed by atoms with E-state index in [4.69, 9.17) is 9.47 Å². The van der Waals surface area contributed by atoms with Crippen molar-refractivity contribution in [1.29, 1.82) is 0 Å². The quantitative estimate of drug-likeness (QED) is 0.712. The molecule has 27 heavy (non-hydrogen) atoms. The predicted octanol–water partition coefficient (Wildman–Crippen LogP) is 2.94. The van der Waals surface area contributed by atoms with Crippen LogP contribution in [0.4, 0.5) is 4.79 Å². The molecule has 1 aromatic rings. The van der Waals surface area contributed by atoms with Crippen LogP contribution in [-0.4, -0.2) is 36.7 Å². The Hall–Kier alpha value is -2.57. The van der Waals surface area contributed by atoms with Crippen LogP contribution in [0.1, 0.15) is 56.8 Å². The van der Waals surface area contributed by atoms with Gasteiger partial charge in [0, 0.05) is 6.54 Å². The smallest absolute Gasteiger partial charge is 0.407 e. The molecule has 1 atom stereocenters. The van der Waals surface area contributed by atoms with E-state index in [1.807, 2.05) is 39.0 Å². The maximum Gasteiger partial charge on any atom is 0.407 e. The van der Waals surface area contributed by atoms with Crippen molar-refractivity contribution in [2.24, 2.45) is 0 Å². The van der Waals surface area contributed by atoms with E-state index in [0.29, 0.717) is 0 Å². The first-order valence-electron chi connectivity index (χ1n) is 8.97. The van der Waals surface area contributed by atoms with E-state index in [1.54, 1.807) is 20.8 Å². The third-order valence-electron chi connectivity index (χ3n) is 3.77. The molecule has 0 saturated carbocycles. The van der Waals surface area contributed by atoms with Crippen molar-refractivity contribution in [3.8, 4) is 0 Å². The number of alkyl carbamates (subject to hydrolysis) is 1. The lowest BCUT2D eigenvalue weighted by atomic mass is 10.0. The van der Waals surface area contributed by atoms with Crippen LogP contribution in [0.15, 0.2) is 18.2 Å². The third kappa shape index (κ3) is 9.08. The van der Waals surface area contributed by atoms with Gasteiger partial charge in [0.2, 0.25) is 0 Å². The standard InChI is InChI=1S/C20H30N2O5/c1-13-7-8-16(11-14(13)2)15(3)22-17(23)12-26-18(24)9-10-21-19(25)27-20(4,5)6/h7-8,11,15H,9-10,12H2,1-6H3,(H,21,25)(H,22,23)/t15-/m0/s1. The average molecular weight is 378 g/mol. The normalized spacial score (nSPS) is 12.1. The lowest BCUT2D eigenvalue weighted by molar-refractivity contribution is -0.148. The number of amides is 2. The van der Waals surface area contributed by atoms with E-state index in [1.165, 1.54) is 5.56 Å². The number of hydrogen-bond acceptors (Lipinski definition) is 5. The fraction of sp³-hybridized carbons (Fsp3) is 0.550. The van der Waals surface area contributed by atoms with E-state index < -0.39 is 17.7 Å². The zero-order chi connectivity index (χ0) is 20.6. The summed E-state index contributed by atoms with van der Waals surface area (Å²) in [5.41, 5.74) is 2.72. The summed E-state index contributed by atoms with van der Waals surface area (Å²) in [7, 11) is 0. The van der Waals surface area contributed by atoms with Crippen molar-refractivity contribution < 1.29 is 23.9 Å². The summed E-state index contributed by atoms with van der Waals surface area (Å²) in [5.74, 6) is -0.950. The molecule has 2 N–H and O–H groups in total. The molecule has 0 saturated heterocycles. The van der Waals surface area contributed by atoms with E-state index in [0.717, 1.165) is 11.1 Å². The Bertz CT molecular complexity index is 679. The molecular weight excluding hydrogens is 348 g/mol. The van der Waals surface area contributed by atoms with Gasteiger partial charge < -0.3 is 20.1 Å². The highest BCUT2D eigenvalue weighted by atomic mass is 16.6. The minimum atomic E-state index is -0.602. The molecule has 0 bridgehead atoms. The number of aryl methyl sites for hydroxylation is 2. The minimum Gasteiger partial charge on any atom is -0.456 e. The first kappa shape index (κ1) is 22.5. The molecule has 0 aliphatic rings. The molecule has 1 rings (SSSR count). The maximum absolute atomic E-state index is 11.9. The monoisotopic (exact) mass is 378 g/mol. The zero-order valence-corrected chi connectivity index (χ0v) is 17.0. The molecule has 0 aliphatic heterocycles. The molecule has 0 spiro atoms. The summed E-state index contributed by atoms with van der Waals surface area (Å²) < 4.78 is 9.98. The van der Waals surface area contributed by atoms with Crippen molar-refractivity contribution >= 4 is 18.0 Å². The van der Waals surface area contributed by atoms with Crippen molar-refractivity contribution in [3.05, 3.63) is 34.9 Å². The topological polar surface area (TPSA) is 93.7 Å². The van der Waals surface area contributed by atoms with Gasteiger partial charge in [0.15, 0.2) is 6.61 Å². The summed E-state index contributed by atoms with van der Waals surface area (Å²) >= 11 is 0. The number of esters is 1. The molecule has 1 aromatic carbocycles. The largest absolute Gasteiger partial charge is 0.456 e. The van der Waals surface area contributed by atoms with Gasteiger partial charge >= 0.3 is 12.1 Å². The number of ether oxygens (including phenoxy) is 2. The van der Waals surface area contributed by atoms with Gasteiger partial charge in [-0.2, -0.15) is 0 Å². The van der Waals surface area contributed by atoms with Crippen molar-refractivity contribution in [2.75, 3.05) is 13.2 Å². The van der Waals surface area contributed by atoms with Gasteiger partial charge in [0.05, 0.1) is 12.5 Å². The molecule has 150 valence electrons. The van der Waals surface area contributed by atoms with Crippen LogP contribution in [0.25, 0.3) is 0 Å². The van der Waals surface area contributed by atoms with Crippen LogP contribution >= 0.6 is 0 Å². The molecule has 0 aromatic heterocycles. The molecule has 0 unspecified atom stereocenters. The fourth-order valence-corrected chi connectivity index (χ4v) is 2.20. The molecule has 7 nitrogen and oxygen atoms in total. The Balaban J connectivity index is 2.30. The second-order valence-corrected chi connectivity index (χ2v) is 7.47. The minimum absolute atomic E-state index is 0.0424. The Morgan fingerprint density at radius 1 is 1.11 bits per heavy atom. The van der Waals surface area contributed by atoms with Crippen molar-refractivity contribution in [3.63, 3.8) is 0 Å². The number of hydrogen-bond donors (Lipinski definition) is 2. The second kappa shape index (κ2) is 9.94. The van der Waals surface area contributed by atoms with Crippen LogP contribution in [0.3, 0.4) is 0 Å². The van der Waals surface area contributed by atoms with Gasteiger partial charge in [-0.3, -0.25) is 9.59 Å². The SMILES string of the molecule is Cc1ccc([C@H](C)NC(=O)COC(=O)CCNC(=O)OC(C)(C)C)cc1C. The van der Waals surface area contributed by atoms with Gasteiger partial charge in [-0.1, -0.05) is 18.2 Å². The first-order chi connectivity index (χ1) is 12.5. The Morgan fingerprint density at radius 2 is 1.78 bits per heavy atom. The van der Waals surface area contributed by atoms with Crippen LogP contribution in [0, 0.1) is 13.8 Å². The molecule has 2 amide bonds. The molecule has 7 heteroatoms. The number of benzene rings is 1. The Kier molecular flexibility index (Phi) is 8.28. The summed E-state index contributed by atoms with van der Waals surface area (Å²) in [4.78, 5) is 35.1. The lowest BCUT2D eigenvalue weighted by Crippen LogP contribution is -2.34. The third-order valence-corrected chi connectivity index (χ3v) is 3.77. The number of carbonyl (C=O) groups is 3. The lowest BCUT2D eigenvalue weighted by Gasteiger charge is -2.19. The van der Waals surface area contributed by atoms with Gasteiger partial charge in [0.1, 0.15) is 5.60 Å². The number of rotatable bonds is 7. The molecular formula is C20H30N2O5. The van der Waals surface area contributed by atoms with Gasteiger partial charge in [0.25, 0.3) is 5.91 Å². The van der Waals surface area contributed by atoms with Gasteiger partial charge in [-0.25, -0.2) is 4.79 Å². The maximum atomic E-state index is 11.9. The van der Waals surface area contributed by atoms with E-state index in [9.17, 15) is 14.4 Å². The van der Waals surface area contributed by atoms with Crippen LogP contribution < -0.4 is 10.6 Å². The molecule has 0 fully saturated rings. The van der Waals surface area contributed by atoms with E-state index in [-0.39, 0.29) is 31.5 Å². The van der Waals surface area contributed by atoms with Crippen molar-refractivity contribution in [1.82, 2.24) is 10.6 Å². The van der Waals surface area contributed by atoms with Crippen molar-refractivity contribution in [2.45, 2.75) is 59.6 Å². The van der Waals surface area contributed by atoms with Crippen LogP contribution in [0.5, 0.6) is 0 Å². The Morgan fingerprint density at radius 3 is 2.37 bits per heavy atom. The summed E-state index contributed by atoms with van der Waals surface area (Å²) in [6.45, 7) is 10.9. The molecule has 0 heterocycles. The predicted molar refractivity (Wildman–Crippen MR) is 102 cm³/mol. The zero-order valence-electron chi connectivity index (χ0n) is 17.0. The Labute approximate surface area is 160 Å². The fourth-order valence-electron chi connectivity index (χ4n) is 2.20. The first-order valence-corrected chi connectivity index (χ1v) is 8.97. The molecule has 0 aliphatic carbocycles. The van der Waals surface area contributed by atoms with E-state index in [2.05, 4.69) is 10.6 Å². The van der Waals surface area contributed by atoms with Crippen LogP contribution in [-0.2, 0) is 19.1 Å². The highest BCUT2D eigenvalue weighted by Crippen LogP contribution is 2.16. The van der Waals surface area contributed by atoms with Crippen LogP contribution in [0.2, 0.25) is 0 Å². The summed E-state index contributed by atoms with van der Waals surface area (Å²) in [6.07, 6.45) is -0.644. The highest BCUT2D eigenvalue weighted by Gasteiger charge is 2.16. The van der Waals surface area contributed by atoms with E-state index >= 15 is 0 Å². The second-order valence-electron chi connectivity index (χ2n) is 7.47. The highest BCUT2D eigenvalue weighted by molar-refractivity contribution is 5.81. The van der Waals surface area contributed by atoms with Gasteiger partial charge in [-0.15, -0.1) is 0 Å². The summed E-state index contributed by atoms with van der Waals surface area (Å²) in [5, 5.41) is 5.25.